The van der Waals surface area contributed by atoms with Crippen molar-refractivity contribution < 1.29 is 8.78 Å². The van der Waals surface area contributed by atoms with Gasteiger partial charge in [-0.15, -0.1) is 0 Å². The van der Waals surface area contributed by atoms with Crippen molar-refractivity contribution in [1.29, 1.82) is 0 Å². The minimum Gasteiger partial charge on any atom is -0.204 e. The Labute approximate surface area is 103 Å². The minimum atomic E-state index is -1.02. The summed E-state index contributed by atoms with van der Waals surface area (Å²) >= 11 is 0. The molecule has 0 nitrogen and oxygen atoms in total. The second-order valence-electron chi connectivity index (χ2n) is 4.35. The van der Waals surface area contributed by atoms with Crippen LogP contribution in [0.4, 0.5) is 8.78 Å². The first-order valence-electron chi connectivity index (χ1n) is 5.89. The lowest BCUT2D eigenvalue weighted by atomic mass is 9.85. The minimum absolute atomic E-state index is 0.0788. The summed E-state index contributed by atoms with van der Waals surface area (Å²) in [4.78, 5) is 0. The summed E-state index contributed by atoms with van der Waals surface area (Å²) in [5.41, 5.74) is 1.98. The highest BCUT2D eigenvalue weighted by atomic mass is 19.2. The Morgan fingerprint density at radius 2 is 1.59 bits per heavy atom. The van der Waals surface area contributed by atoms with Crippen molar-refractivity contribution >= 4 is 0 Å². The van der Waals surface area contributed by atoms with Gasteiger partial charge in [0.1, 0.15) is 0 Å². The molecule has 0 aromatic heterocycles. The van der Waals surface area contributed by atoms with E-state index in [9.17, 15) is 8.78 Å². The van der Waals surface area contributed by atoms with Crippen LogP contribution in [0.1, 0.15) is 34.6 Å². The fourth-order valence-corrected chi connectivity index (χ4v) is 1.96. The first-order chi connectivity index (χ1) is 7.84. The van der Waals surface area contributed by atoms with E-state index in [1.54, 1.807) is 6.08 Å². The Morgan fingerprint density at radius 1 is 1.06 bits per heavy atom. The van der Waals surface area contributed by atoms with Gasteiger partial charge in [0, 0.05) is 5.92 Å². The highest BCUT2D eigenvalue weighted by Crippen LogP contribution is 2.28. The molecule has 2 heteroatoms. The second kappa shape index (κ2) is 7.21. The average Bonchev–Trinajstić information content (AvgIpc) is 2.25. The van der Waals surface area contributed by atoms with E-state index in [-0.39, 0.29) is 5.92 Å². The van der Waals surface area contributed by atoms with Crippen molar-refractivity contribution in [2.24, 2.45) is 11.8 Å². The molecule has 0 heterocycles. The topological polar surface area (TPSA) is 0 Å². The Bertz CT molecular complexity index is 357. The van der Waals surface area contributed by atoms with Crippen LogP contribution in [-0.4, -0.2) is 0 Å². The lowest BCUT2D eigenvalue weighted by Gasteiger charge is -2.20. The summed E-state index contributed by atoms with van der Waals surface area (Å²) in [6.45, 7) is 12.9. The lowest BCUT2D eigenvalue weighted by molar-refractivity contribution is 0.545. The van der Waals surface area contributed by atoms with E-state index in [1.807, 2.05) is 26.8 Å². The van der Waals surface area contributed by atoms with Crippen LogP contribution in [0.5, 0.6) is 0 Å². The van der Waals surface area contributed by atoms with Crippen LogP contribution in [0.15, 0.2) is 47.6 Å². The van der Waals surface area contributed by atoms with Crippen LogP contribution < -0.4 is 0 Å². The van der Waals surface area contributed by atoms with Crippen molar-refractivity contribution in [2.75, 3.05) is 0 Å². The molecule has 0 aliphatic carbocycles. The predicted molar refractivity (Wildman–Crippen MR) is 71.0 cm³/mol. The highest BCUT2D eigenvalue weighted by Gasteiger charge is 2.15. The molecule has 0 aliphatic heterocycles. The van der Waals surface area contributed by atoms with Gasteiger partial charge in [-0.2, -0.15) is 0 Å². The molecule has 0 rings (SSSR count). The standard InChI is InChI=1S/C15H22F2/c1-7-13(9-15(17)12(6)16)11(5)14(8-2)10(3)4/h7-11H,6H2,1-5H3/b13-7+,14-8+,15-9+. The van der Waals surface area contributed by atoms with Gasteiger partial charge in [0.15, 0.2) is 11.7 Å². The van der Waals surface area contributed by atoms with Crippen LogP contribution in [0.3, 0.4) is 0 Å². The molecule has 0 spiro atoms. The molecule has 96 valence electrons. The molecule has 1 atom stereocenters. The van der Waals surface area contributed by atoms with Crippen molar-refractivity contribution in [2.45, 2.75) is 34.6 Å². The van der Waals surface area contributed by atoms with Gasteiger partial charge < -0.3 is 0 Å². The van der Waals surface area contributed by atoms with Crippen molar-refractivity contribution in [3.8, 4) is 0 Å². The van der Waals surface area contributed by atoms with Gasteiger partial charge in [0.2, 0.25) is 0 Å². The maximum Gasteiger partial charge on any atom is 0.158 e. The molecule has 0 fully saturated rings. The number of rotatable bonds is 5. The summed E-state index contributed by atoms with van der Waals surface area (Å²) in [6.07, 6.45) is 5.06. The van der Waals surface area contributed by atoms with Gasteiger partial charge in [-0.3, -0.25) is 0 Å². The molecular formula is C15H22F2. The maximum atomic E-state index is 13.2. The molecule has 0 N–H and O–H groups in total. The summed E-state index contributed by atoms with van der Waals surface area (Å²) in [7, 11) is 0. The Kier molecular flexibility index (Phi) is 6.71. The van der Waals surface area contributed by atoms with Gasteiger partial charge in [-0.05, 0) is 31.4 Å². The van der Waals surface area contributed by atoms with E-state index in [0.717, 1.165) is 5.57 Å². The molecule has 0 aliphatic rings. The van der Waals surface area contributed by atoms with E-state index in [1.165, 1.54) is 11.6 Å². The fraction of sp³-hybridized carbons (Fsp3) is 0.467. The zero-order valence-electron chi connectivity index (χ0n) is 11.3. The van der Waals surface area contributed by atoms with Gasteiger partial charge in [-0.25, -0.2) is 8.78 Å². The first kappa shape index (κ1) is 15.8. The monoisotopic (exact) mass is 240 g/mol. The van der Waals surface area contributed by atoms with E-state index in [2.05, 4.69) is 20.4 Å². The Morgan fingerprint density at radius 3 is 1.88 bits per heavy atom. The molecule has 1 unspecified atom stereocenters. The number of hydrogen-bond acceptors (Lipinski definition) is 0. The van der Waals surface area contributed by atoms with E-state index >= 15 is 0 Å². The molecule has 0 aromatic rings. The van der Waals surface area contributed by atoms with Crippen molar-refractivity contribution in [1.82, 2.24) is 0 Å². The SMILES string of the molecule is C=C(F)/C(F)=C\C(=C/C)C(C)/C(=C/C)C(C)C. The molecule has 0 amide bonds. The second-order valence-corrected chi connectivity index (χ2v) is 4.35. The van der Waals surface area contributed by atoms with Crippen LogP contribution in [-0.2, 0) is 0 Å². The van der Waals surface area contributed by atoms with E-state index < -0.39 is 11.7 Å². The first-order valence-corrected chi connectivity index (χ1v) is 5.89. The third-order valence-corrected chi connectivity index (χ3v) is 2.89. The van der Waals surface area contributed by atoms with Crippen LogP contribution >= 0.6 is 0 Å². The van der Waals surface area contributed by atoms with E-state index in [4.69, 9.17) is 0 Å². The van der Waals surface area contributed by atoms with E-state index in [0.29, 0.717) is 5.92 Å². The molecule has 0 saturated heterocycles. The largest absolute Gasteiger partial charge is 0.204 e. The Balaban J connectivity index is 5.18. The zero-order chi connectivity index (χ0) is 13.6. The summed E-state index contributed by atoms with van der Waals surface area (Å²) in [5.74, 6) is -1.46. The third-order valence-electron chi connectivity index (χ3n) is 2.89. The molecule has 0 aromatic carbocycles. The summed E-state index contributed by atoms with van der Waals surface area (Å²) in [6, 6.07) is 0. The van der Waals surface area contributed by atoms with Crippen LogP contribution in [0.2, 0.25) is 0 Å². The van der Waals surface area contributed by atoms with Gasteiger partial charge >= 0.3 is 0 Å². The van der Waals surface area contributed by atoms with Gasteiger partial charge in [0.05, 0.1) is 0 Å². The number of halogens is 2. The maximum absolute atomic E-state index is 13.2. The van der Waals surface area contributed by atoms with Crippen LogP contribution in [0, 0.1) is 11.8 Å². The molecule has 17 heavy (non-hydrogen) atoms. The summed E-state index contributed by atoms with van der Waals surface area (Å²) in [5, 5.41) is 0. The average molecular weight is 240 g/mol. The fourth-order valence-electron chi connectivity index (χ4n) is 1.96. The van der Waals surface area contributed by atoms with Crippen molar-refractivity contribution in [3.63, 3.8) is 0 Å². The zero-order valence-corrected chi connectivity index (χ0v) is 11.3. The van der Waals surface area contributed by atoms with Crippen molar-refractivity contribution in [3.05, 3.63) is 47.6 Å². The number of hydrogen-bond donors (Lipinski definition) is 0. The lowest BCUT2D eigenvalue weighted by Crippen LogP contribution is -2.07. The highest BCUT2D eigenvalue weighted by molar-refractivity contribution is 5.34. The summed E-state index contributed by atoms with van der Waals surface area (Å²) < 4.78 is 25.8. The number of allylic oxidation sites excluding steroid dienone is 7. The molecular weight excluding hydrogens is 218 g/mol. The predicted octanol–water partition coefficient (Wildman–Crippen LogP) is 5.51. The van der Waals surface area contributed by atoms with Gasteiger partial charge in [0.25, 0.3) is 0 Å². The van der Waals surface area contributed by atoms with Crippen LogP contribution in [0.25, 0.3) is 0 Å². The normalized spacial score (nSPS) is 16.4. The molecule has 0 saturated carbocycles. The quantitative estimate of drug-likeness (QED) is 0.439. The third kappa shape index (κ3) is 4.68. The molecule has 0 radical (unpaired) electrons. The molecule has 0 bridgehead atoms. The van der Waals surface area contributed by atoms with Gasteiger partial charge in [-0.1, -0.05) is 45.1 Å². The Hall–Kier alpha value is -1.18. The smallest absolute Gasteiger partial charge is 0.158 e.